The number of rotatable bonds is 0. The quantitative estimate of drug-likeness (QED) is 0.714. The Balaban J connectivity index is 0.000000168. The highest BCUT2D eigenvalue weighted by Gasteiger charge is 2.38. The molecule has 1 aliphatic heterocycles. The van der Waals surface area contributed by atoms with Gasteiger partial charge in [-0.05, 0) is 6.42 Å². The molecule has 1 aromatic rings. The van der Waals surface area contributed by atoms with Crippen molar-refractivity contribution in [1.29, 1.82) is 0 Å². The number of aryl methyl sites for hydroxylation is 1. The van der Waals surface area contributed by atoms with E-state index in [1.165, 1.54) is 6.42 Å². The maximum absolute atomic E-state index is 10.6. The Morgan fingerprint density at radius 3 is 2.69 bits per heavy atom. The monoisotopic (exact) mass is 237 g/mol. The number of nitrogens with one attached hydrogen (secondary N) is 1. The van der Waals surface area contributed by atoms with Gasteiger partial charge in [-0.3, -0.25) is 0 Å². The van der Waals surface area contributed by atoms with E-state index in [9.17, 15) is 13.2 Å². The molecule has 2 N–H and O–H groups in total. The van der Waals surface area contributed by atoms with Gasteiger partial charge in [0.25, 0.3) is 0 Å². The summed E-state index contributed by atoms with van der Waals surface area (Å²) < 4.78 is 33.7. The lowest BCUT2D eigenvalue weighted by Gasteiger charge is -2.14. The number of nitrogens with zero attached hydrogens (tertiary/aromatic N) is 2. The number of aromatic nitrogens is 2. The van der Waals surface area contributed by atoms with Crippen LogP contribution in [0.1, 0.15) is 6.42 Å². The van der Waals surface area contributed by atoms with Gasteiger partial charge in [0, 0.05) is 19.2 Å². The first-order chi connectivity index (χ1) is 7.41. The minimum absolute atomic E-state index is 1.06. The van der Waals surface area contributed by atoms with Crippen molar-refractivity contribution < 1.29 is 23.1 Å². The summed E-state index contributed by atoms with van der Waals surface area (Å²) in [4.78, 5) is 8.90. The molecule has 16 heavy (non-hydrogen) atoms. The van der Waals surface area contributed by atoms with Crippen LogP contribution in [0, 0.1) is 0 Å². The summed E-state index contributed by atoms with van der Waals surface area (Å²) in [6, 6.07) is 2.00. The van der Waals surface area contributed by atoms with E-state index < -0.39 is 12.1 Å². The van der Waals surface area contributed by atoms with Crippen LogP contribution in [0.15, 0.2) is 12.3 Å². The molecule has 5 nitrogen and oxygen atoms in total. The van der Waals surface area contributed by atoms with E-state index in [-0.39, 0.29) is 0 Å². The molecule has 0 bridgehead atoms. The van der Waals surface area contributed by atoms with Crippen LogP contribution in [0.4, 0.5) is 19.0 Å². The van der Waals surface area contributed by atoms with Gasteiger partial charge in [-0.1, -0.05) is 0 Å². The first-order valence-corrected chi connectivity index (χ1v) is 4.47. The number of halogens is 3. The smallest absolute Gasteiger partial charge is 0.475 e. The van der Waals surface area contributed by atoms with Gasteiger partial charge in [0.15, 0.2) is 0 Å². The predicted molar refractivity (Wildman–Crippen MR) is 49.0 cm³/mol. The molecule has 0 amide bonds. The van der Waals surface area contributed by atoms with E-state index in [1.54, 1.807) is 0 Å². The Hall–Kier alpha value is -1.73. The zero-order valence-corrected chi connectivity index (χ0v) is 8.16. The third-order valence-corrected chi connectivity index (χ3v) is 1.81. The lowest BCUT2D eigenvalue weighted by atomic mass is 10.3. The number of carbonyl (C=O) groups is 1. The van der Waals surface area contributed by atoms with E-state index in [4.69, 9.17) is 9.90 Å². The van der Waals surface area contributed by atoms with Crippen LogP contribution in [0.3, 0.4) is 0 Å². The maximum atomic E-state index is 10.6. The Bertz CT molecular complexity index is 341. The molecule has 0 saturated carbocycles. The largest absolute Gasteiger partial charge is 0.490 e. The molecule has 0 radical (unpaired) electrons. The van der Waals surface area contributed by atoms with E-state index in [1.807, 2.05) is 16.9 Å². The van der Waals surface area contributed by atoms with Gasteiger partial charge < -0.3 is 10.4 Å². The van der Waals surface area contributed by atoms with Gasteiger partial charge in [-0.25, -0.2) is 9.48 Å². The van der Waals surface area contributed by atoms with Crippen molar-refractivity contribution >= 4 is 11.8 Å². The molecule has 2 heterocycles. The van der Waals surface area contributed by atoms with Crippen LogP contribution >= 0.6 is 0 Å². The average Bonchev–Trinajstić information content (AvgIpc) is 2.64. The topological polar surface area (TPSA) is 67.1 Å². The molecule has 0 unspecified atom stereocenters. The Morgan fingerprint density at radius 2 is 2.19 bits per heavy atom. The van der Waals surface area contributed by atoms with Gasteiger partial charge in [-0.15, -0.1) is 0 Å². The third kappa shape index (κ3) is 3.44. The number of alkyl halides is 3. The lowest BCUT2D eigenvalue weighted by molar-refractivity contribution is -0.192. The highest BCUT2D eigenvalue weighted by Crippen LogP contribution is 2.13. The molecule has 2 rings (SSSR count). The molecule has 0 fully saturated rings. The van der Waals surface area contributed by atoms with E-state index >= 15 is 0 Å². The molecule has 0 saturated heterocycles. The van der Waals surface area contributed by atoms with E-state index in [0.717, 1.165) is 18.9 Å². The van der Waals surface area contributed by atoms with Gasteiger partial charge in [0.2, 0.25) is 0 Å². The van der Waals surface area contributed by atoms with Crippen molar-refractivity contribution in [1.82, 2.24) is 9.78 Å². The summed E-state index contributed by atoms with van der Waals surface area (Å²) in [6.45, 7) is 2.15. The van der Waals surface area contributed by atoms with Crippen LogP contribution in [0.2, 0.25) is 0 Å². The zero-order chi connectivity index (χ0) is 12.2. The first kappa shape index (κ1) is 12.3. The molecule has 0 aliphatic carbocycles. The normalized spacial score (nSPS) is 14.2. The Kier molecular flexibility index (Phi) is 3.75. The number of fused-ring (bicyclic) bond motifs is 1. The second-order valence-corrected chi connectivity index (χ2v) is 3.02. The third-order valence-electron chi connectivity index (χ3n) is 1.81. The summed E-state index contributed by atoms with van der Waals surface area (Å²) in [5.74, 6) is -1.60. The average molecular weight is 237 g/mol. The fourth-order valence-electron chi connectivity index (χ4n) is 1.11. The second-order valence-electron chi connectivity index (χ2n) is 3.02. The summed E-state index contributed by atoms with van der Waals surface area (Å²) in [5, 5.41) is 14.5. The van der Waals surface area contributed by atoms with Crippen LogP contribution in [-0.2, 0) is 11.3 Å². The van der Waals surface area contributed by atoms with Gasteiger partial charge in [0.1, 0.15) is 5.82 Å². The number of aliphatic carboxylic acids is 1. The zero-order valence-electron chi connectivity index (χ0n) is 8.16. The lowest BCUT2D eigenvalue weighted by Crippen LogP contribution is -2.21. The molecule has 1 aromatic heterocycles. The highest BCUT2D eigenvalue weighted by atomic mass is 19.4. The maximum Gasteiger partial charge on any atom is 0.490 e. The molecule has 0 spiro atoms. The second kappa shape index (κ2) is 4.86. The molecule has 90 valence electrons. The molecular weight excluding hydrogens is 227 g/mol. The van der Waals surface area contributed by atoms with E-state index in [0.29, 0.717) is 0 Å². The fraction of sp³-hybridized carbons (Fsp3) is 0.500. The number of anilines is 1. The summed E-state index contributed by atoms with van der Waals surface area (Å²) in [5.41, 5.74) is 0. The first-order valence-electron chi connectivity index (χ1n) is 4.47. The minimum atomic E-state index is -5.08. The Morgan fingerprint density at radius 1 is 1.56 bits per heavy atom. The van der Waals surface area contributed by atoms with Crippen LogP contribution in [-0.4, -0.2) is 33.6 Å². The minimum Gasteiger partial charge on any atom is -0.475 e. The van der Waals surface area contributed by atoms with Crippen molar-refractivity contribution in [2.75, 3.05) is 11.9 Å². The number of hydrogen-bond donors (Lipinski definition) is 2. The predicted octanol–water partition coefficient (Wildman–Crippen LogP) is 1.33. The summed E-state index contributed by atoms with van der Waals surface area (Å²) in [6.07, 6.45) is -2.07. The molecular formula is C8H10F3N3O2. The van der Waals surface area contributed by atoms with Crippen LogP contribution in [0.5, 0.6) is 0 Å². The standard InChI is InChI=1S/C6H9N3.C2HF3O2/c1-3-7-6-2-4-8-9(6)5-1;3-2(4,5)1(6)7/h2,4,7H,1,3,5H2;(H,6,7). The Labute approximate surface area is 88.9 Å². The number of carboxylic acid groups (broad SMARTS) is 1. The van der Waals surface area contributed by atoms with Gasteiger partial charge in [-0.2, -0.15) is 18.3 Å². The molecule has 0 aromatic carbocycles. The van der Waals surface area contributed by atoms with Crippen molar-refractivity contribution in [3.8, 4) is 0 Å². The SMILES string of the molecule is O=C(O)C(F)(F)F.c1cc2n(n1)CCCN2. The highest BCUT2D eigenvalue weighted by molar-refractivity contribution is 5.73. The van der Waals surface area contributed by atoms with Crippen molar-refractivity contribution in [3.05, 3.63) is 12.3 Å². The van der Waals surface area contributed by atoms with Gasteiger partial charge >= 0.3 is 12.1 Å². The van der Waals surface area contributed by atoms with Gasteiger partial charge in [0.05, 0.1) is 6.20 Å². The fourth-order valence-corrected chi connectivity index (χ4v) is 1.11. The molecule has 0 atom stereocenters. The number of hydrogen-bond acceptors (Lipinski definition) is 3. The van der Waals surface area contributed by atoms with Crippen LogP contribution in [0.25, 0.3) is 0 Å². The van der Waals surface area contributed by atoms with Crippen molar-refractivity contribution in [2.24, 2.45) is 0 Å². The van der Waals surface area contributed by atoms with Crippen molar-refractivity contribution in [2.45, 2.75) is 19.1 Å². The number of carboxylic acids is 1. The van der Waals surface area contributed by atoms with Crippen molar-refractivity contribution in [3.63, 3.8) is 0 Å². The molecule has 1 aliphatic rings. The summed E-state index contributed by atoms with van der Waals surface area (Å²) >= 11 is 0. The summed E-state index contributed by atoms with van der Waals surface area (Å²) in [7, 11) is 0. The van der Waals surface area contributed by atoms with Crippen LogP contribution < -0.4 is 5.32 Å². The van der Waals surface area contributed by atoms with E-state index in [2.05, 4.69) is 10.4 Å². The molecule has 8 heteroatoms.